The molecule has 102 valence electrons. The molecule has 0 saturated carbocycles. The molecule has 1 saturated heterocycles. The van der Waals surface area contributed by atoms with E-state index in [1.54, 1.807) is 0 Å². The van der Waals surface area contributed by atoms with Crippen molar-refractivity contribution in [3.8, 4) is 0 Å². The monoisotopic (exact) mass is 259 g/mol. The van der Waals surface area contributed by atoms with Gasteiger partial charge in [0.1, 0.15) is 0 Å². The van der Waals surface area contributed by atoms with Crippen LogP contribution in [-0.2, 0) is 4.43 Å². The van der Waals surface area contributed by atoms with Crippen molar-refractivity contribution < 1.29 is 9.53 Å². The molecule has 0 aromatic carbocycles. The van der Waals surface area contributed by atoms with Gasteiger partial charge >= 0.3 is 0 Å². The van der Waals surface area contributed by atoms with Gasteiger partial charge in [0.25, 0.3) is 0 Å². The first-order chi connectivity index (χ1) is 7.78. The van der Waals surface area contributed by atoms with E-state index in [1.165, 1.54) is 0 Å². The first-order valence-electron chi connectivity index (χ1n) is 6.77. The molecule has 3 nitrogen and oxygen atoms in total. The van der Waals surface area contributed by atoms with Crippen molar-refractivity contribution in [2.24, 2.45) is 5.92 Å². The van der Waals surface area contributed by atoms with Crippen LogP contribution in [0.2, 0.25) is 18.1 Å². The number of hydrogen-bond acceptors (Lipinski definition) is 3. The van der Waals surface area contributed by atoms with Crippen molar-refractivity contribution in [1.29, 1.82) is 0 Å². The minimum absolute atomic E-state index is 0.258. The molecule has 0 bridgehead atoms. The fourth-order valence-electron chi connectivity index (χ4n) is 2.07. The lowest BCUT2D eigenvalue weighted by Gasteiger charge is -2.43. The van der Waals surface area contributed by atoms with Gasteiger partial charge in [-0.1, -0.05) is 20.8 Å². The van der Waals surface area contributed by atoms with Crippen LogP contribution in [0.5, 0.6) is 0 Å². The quantitative estimate of drug-likeness (QED) is 0.762. The molecule has 4 heteroatoms. The second-order valence-corrected chi connectivity index (χ2v) is 11.4. The minimum atomic E-state index is -1.68. The second-order valence-electron chi connectivity index (χ2n) is 6.68. The van der Waals surface area contributed by atoms with Crippen LogP contribution in [0.3, 0.4) is 0 Å². The van der Waals surface area contributed by atoms with Gasteiger partial charge < -0.3 is 14.8 Å². The van der Waals surface area contributed by atoms with E-state index in [1.807, 2.05) is 0 Å². The van der Waals surface area contributed by atoms with Gasteiger partial charge in [0.05, 0.1) is 6.10 Å². The maximum absolute atomic E-state index is 9.13. The Balaban J connectivity index is 2.64. The van der Waals surface area contributed by atoms with Gasteiger partial charge in [-0.15, -0.1) is 0 Å². The van der Waals surface area contributed by atoms with E-state index in [0.29, 0.717) is 5.92 Å². The van der Waals surface area contributed by atoms with Crippen molar-refractivity contribution in [1.82, 2.24) is 5.32 Å². The molecule has 0 radical (unpaired) electrons. The highest BCUT2D eigenvalue weighted by Gasteiger charge is 2.41. The summed E-state index contributed by atoms with van der Waals surface area (Å²) < 4.78 is 6.47. The fourth-order valence-corrected chi connectivity index (χ4v) is 3.46. The zero-order valence-corrected chi connectivity index (χ0v) is 13.0. The van der Waals surface area contributed by atoms with Crippen LogP contribution in [0.25, 0.3) is 0 Å². The largest absolute Gasteiger partial charge is 0.412 e. The van der Waals surface area contributed by atoms with Crippen LogP contribution in [0.4, 0.5) is 0 Å². The highest BCUT2D eigenvalue weighted by Crippen LogP contribution is 2.38. The van der Waals surface area contributed by atoms with E-state index in [9.17, 15) is 0 Å². The third-order valence-electron chi connectivity index (χ3n) is 4.32. The Morgan fingerprint density at radius 1 is 1.35 bits per heavy atom. The SMILES string of the molecule is CC(C)(C)[Si](C)(C)OC1CNCCC1CCO. The molecule has 1 rings (SSSR count). The molecule has 0 aromatic rings. The molecule has 17 heavy (non-hydrogen) atoms. The Labute approximate surface area is 107 Å². The average Bonchev–Trinajstić information content (AvgIpc) is 2.19. The van der Waals surface area contributed by atoms with Crippen molar-refractivity contribution in [3.05, 3.63) is 0 Å². The lowest BCUT2D eigenvalue weighted by atomic mass is 9.92. The van der Waals surface area contributed by atoms with E-state index in [-0.39, 0.29) is 17.7 Å². The summed E-state index contributed by atoms with van der Waals surface area (Å²) in [4.78, 5) is 0. The summed E-state index contributed by atoms with van der Waals surface area (Å²) in [6.07, 6.45) is 2.29. The summed E-state index contributed by atoms with van der Waals surface area (Å²) in [5, 5.41) is 12.8. The Kier molecular flexibility index (Phi) is 5.19. The number of piperidine rings is 1. The van der Waals surface area contributed by atoms with Crippen LogP contribution in [-0.4, -0.2) is 39.2 Å². The van der Waals surface area contributed by atoms with Gasteiger partial charge in [-0.3, -0.25) is 0 Å². The molecule has 1 heterocycles. The van der Waals surface area contributed by atoms with Gasteiger partial charge in [0.15, 0.2) is 8.32 Å². The molecular formula is C13H29NO2Si. The van der Waals surface area contributed by atoms with Gasteiger partial charge in [-0.25, -0.2) is 0 Å². The maximum atomic E-state index is 9.13. The van der Waals surface area contributed by atoms with Gasteiger partial charge in [-0.05, 0) is 43.4 Å². The highest BCUT2D eigenvalue weighted by atomic mass is 28.4. The highest BCUT2D eigenvalue weighted by molar-refractivity contribution is 6.74. The van der Waals surface area contributed by atoms with Gasteiger partial charge in [-0.2, -0.15) is 0 Å². The summed E-state index contributed by atoms with van der Waals surface area (Å²) in [7, 11) is -1.68. The summed E-state index contributed by atoms with van der Waals surface area (Å²) in [5.41, 5.74) is 0. The van der Waals surface area contributed by atoms with Crippen LogP contribution in [0, 0.1) is 5.92 Å². The van der Waals surface area contributed by atoms with Crippen LogP contribution >= 0.6 is 0 Å². The zero-order chi connectivity index (χ0) is 13.1. The molecule has 1 aliphatic heterocycles. The van der Waals surface area contributed by atoms with Crippen molar-refractivity contribution in [2.45, 2.75) is 57.8 Å². The predicted molar refractivity (Wildman–Crippen MR) is 74.7 cm³/mol. The Bertz CT molecular complexity index is 236. The summed E-state index contributed by atoms with van der Waals surface area (Å²) in [5.74, 6) is 0.523. The number of hydrogen-bond donors (Lipinski definition) is 2. The molecule has 2 unspecified atom stereocenters. The molecule has 0 aromatic heterocycles. The van der Waals surface area contributed by atoms with E-state index in [0.717, 1.165) is 25.9 Å². The van der Waals surface area contributed by atoms with E-state index >= 15 is 0 Å². The van der Waals surface area contributed by atoms with Crippen molar-refractivity contribution >= 4 is 8.32 Å². The third-order valence-corrected chi connectivity index (χ3v) is 8.82. The van der Waals surface area contributed by atoms with Crippen LogP contribution < -0.4 is 5.32 Å². The first kappa shape index (κ1) is 15.2. The lowest BCUT2D eigenvalue weighted by Crippen LogP contribution is -2.51. The molecule has 1 fully saturated rings. The number of rotatable bonds is 4. The molecule has 2 N–H and O–H groups in total. The first-order valence-corrected chi connectivity index (χ1v) is 9.68. The van der Waals surface area contributed by atoms with Crippen LogP contribution in [0.15, 0.2) is 0 Å². The van der Waals surface area contributed by atoms with Gasteiger partial charge in [0, 0.05) is 13.2 Å². The number of aliphatic hydroxyl groups is 1. The Hall–Kier alpha value is 0.0969. The summed E-state index contributed by atoms with van der Waals surface area (Å²) in [6.45, 7) is 13.7. The Morgan fingerprint density at radius 3 is 2.53 bits per heavy atom. The summed E-state index contributed by atoms with van der Waals surface area (Å²) >= 11 is 0. The molecule has 0 amide bonds. The molecule has 0 spiro atoms. The summed E-state index contributed by atoms with van der Waals surface area (Å²) in [6, 6.07) is 0. The topological polar surface area (TPSA) is 41.5 Å². The molecule has 0 aliphatic carbocycles. The van der Waals surface area contributed by atoms with E-state index in [4.69, 9.17) is 9.53 Å². The lowest BCUT2D eigenvalue weighted by molar-refractivity contribution is 0.0744. The zero-order valence-electron chi connectivity index (χ0n) is 12.0. The predicted octanol–water partition coefficient (Wildman–Crippen LogP) is 2.37. The molecule has 1 aliphatic rings. The van der Waals surface area contributed by atoms with Crippen LogP contribution in [0.1, 0.15) is 33.6 Å². The molecule has 2 atom stereocenters. The maximum Gasteiger partial charge on any atom is 0.192 e. The number of nitrogens with one attached hydrogen (secondary N) is 1. The third kappa shape index (κ3) is 4.05. The number of aliphatic hydroxyl groups excluding tert-OH is 1. The smallest absolute Gasteiger partial charge is 0.192 e. The molecular weight excluding hydrogens is 230 g/mol. The van der Waals surface area contributed by atoms with Crippen molar-refractivity contribution in [2.75, 3.05) is 19.7 Å². The van der Waals surface area contributed by atoms with E-state index < -0.39 is 8.32 Å². The Morgan fingerprint density at radius 2 is 2.00 bits per heavy atom. The normalized spacial score (nSPS) is 27.2. The minimum Gasteiger partial charge on any atom is -0.412 e. The van der Waals surface area contributed by atoms with Gasteiger partial charge in [0.2, 0.25) is 0 Å². The standard InChI is InChI=1S/C13H29NO2Si/c1-13(2,3)17(4,5)16-12-10-14-8-6-11(12)7-9-15/h11-12,14-15H,6-10H2,1-5H3. The van der Waals surface area contributed by atoms with E-state index in [2.05, 4.69) is 39.2 Å². The van der Waals surface area contributed by atoms with Crippen molar-refractivity contribution in [3.63, 3.8) is 0 Å². The average molecular weight is 259 g/mol. The second kappa shape index (κ2) is 5.82. The fraction of sp³-hybridized carbons (Fsp3) is 1.00.